The van der Waals surface area contributed by atoms with Crippen molar-refractivity contribution in [2.24, 2.45) is 9.98 Å². The maximum absolute atomic E-state index is 4.56. The van der Waals surface area contributed by atoms with Crippen LogP contribution in [0.25, 0.3) is 22.1 Å². The molecule has 0 aliphatic carbocycles. The van der Waals surface area contributed by atoms with Gasteiger partial charge >= 0.3 is 0 Å². The Bertz CT molecular complexity index is 1040. The summed E-state index contributed by atoms with van der Waals surface area (Å²) < 4.78 is 0. The number of aliphatic imine (C=N–C) groups is 2. The van der Waals surface area contributed by atoms with Crippen LogP contribution in [0.1, 0.15) is 25.5 Å². The largest absolute Gasteiger partial charge is 0.367 e. The van der Waals surface area contributed by atoms with E-state index in [1.54, 1.807) is 14.1 Å². The SMILES string of the molecule is CN=C(C)N(C)C.CN=C(C)N(C)C.c1ccc2[nH]c(Cc3nc4ccccc4[nH]3)nc2c1. The van der Waals surface area contributed by atoms with E-state index in [9.17, 15) is 0 Å². The number of nitrogens with zero attached hydrogens (tertiary/aromatic N) is 6. The Morgan fingerprint density at radius 3 is 1.33 bits per heavy atom. The van der Waals surface area contributed by atoms with Gasteiger partial charge in [-0.05, 0) is 38.1 Å². The van der Waals surface area contributed by atoms with E-state index in [0.29, 0.717) is 6.42 Å². The average molecular weight is 449 g/mol. The van der Waals surface area contributed by atoms with E-state index in [1.165, 1.54) is 0 Å². The van der Waals surface area contributed by atoms with Crippen LogP contribution in [0, 0.1) is 0 Å². The number of nitrogens with one attached hydrogen (secondary N) is 2. The van der Waals surface area contributed by atoms with Gasteiger partial charge in [0.25, 0.3) is 0 Å². The molecule has 0 radical (unpaired) electrons. The molecule has 176 valence electrons. The zero-order valence-electron chi connectivity index (χ0n) is 21.0. The van der Waals surface area contributed by atoms with Crippen molar-refractivity contribution in [2.45, 2.75) is 20.3 Å². The van der Waals surface area contributed by atoms with Crippen molar-refractivity contribution in [2.75, 3.05) is 42.3 Å². The Hall–Kier alpha value is -3.68. The van der Waals surface area contributed by atoms with Crippen LogP contribution >= 0.6 is 0 Å². The third-order valence-corrected chi connectivity index (χ3v) is 5.15. The number of benzene rings is 2. The molecule has 0 amide bonds. The lowest BCUT2D eigenvalue weighted by molar-refractivity contribution is 0.617. The van der Waals surface area contributed by atoms with Crippen LogP contribution in [0.5, 0.6) is 0 Å². The molecule has 4 rings (SSSR count). The van der Waals surface area contributed by atoms with Crippen molar-refractivity contribution >= 4 is 33.7 Å². The molecule has 8 heteroatoms. The molecule has 8 nitrogen and oxygen atoms in total. The van der Waals surface area contributed by atoms with Gasteiger partial charge in [-0.15, -0.1) is 0 Å². The third kappa shape index (κ3) is 7.75. The van der Waals surface area contributed by atoms with Gasteiger partial charge < -0.3 is 19.8 Å². The molecule has 2 aromatic carbocycles. The number of fused-ring (bicyclic) bond motifs is 2. The number of hydrogen-bond donors (Lipinski definition) is 2. The summed E-state index contributed by atoms with van der Waals surface area (Å²) in [6.45, 7) is 3.94. The highest BCUT2D eigenvalue weighted by molar-refractivity contribution is 5.79. The van der Waals surface area contributed by atoms with E-state index in [4.69, 9.17) is 0 Å². The number of rotatable bonds is 2. The molecule has 4 aromatic rings. The summed E-state index contributed by atoms with van der Waals surface area (Å²) in [6, 6.07) is 16.1. The van der Waals surface area contributed by atoms with Crippen LogP contribution in [0.4, 0.5) is 0 Å². The molecule has 2 aromatic heterocycles. The summed E-state index contributed by atoms with van der Waals surface area (Å²) >= 11 is 0. The van der Waals surface area contributed by atoms with Crippen molar-refractivity contribution in [3.63, 3.8) is 0 Å². The van der Waals surface area contributed by atoms with Crippen molar-refractivity contribution in [3.05, 3.63) is 60.2 Å². The topological polar surface area (TPSA) is 88.6 Å². The van der Waals surface area contributed by atoms with Crippen LogP contribution in [-0.2, 0) is 6.42 Å². The predicted molar refractivity (Wildman–Crippen MR) is 140 cm³/mol. The second-order valence-corrected chi connectivity index (χ2v) is 7.91. The first-order valence-corrected chi connectivity index (χ1v) is 10.8. The molecule has 0 spiro atoms. The monoisotopic (exact) mass is 448 g/mol. The highest BCUT2D eigenvalue weighted by Gasteiger charge is 2.07. The molecule has 0 atom stereocenters. The number of imidazole rings is 2. The van der Waals surface area contributed by atoms with Gasteiger partial charge in [0, 0.05) is 42.3 Å². The van der Waals surface area contributed by atoms with Gasteiger partial charge in [0.1, 0.15) is 11.6 Å². The fourth-order valence-electron chi connectivity index (χ4n) is 2.74. The molecule has 0 fully saturated rings. The summed E-state index contributed by atoms with van der Waals surface area (Å²) in [5, 5.41) is 0. The summed E-state index contributed by atoms with van der Waals surface area (Å²) in [4.78, 5) is 27.6. The lowest BCUT2D eigenvalue weighted by Crippen LogP contribution is -2.17. The molecule has 0 aliphatic heterocycles. The van der Waals surface area contributed by atoms with E-state index >= 15 is 0 Å². The van der Waals surface area contributed by atoms with Gasteiger partial charge in [-0.1, -0.05) is 24.3 Å². The van der Waals surface area contributed by atoms with E-state index in [1.807, 2.05) is 100 Å². The van der Waals surface area contributed by atoms with E-state index in [-0.39, 0.29) is 0 Å². The summed E-state index contributed by atoms with van der Waals surface area (Å²) in [5.41, 5.74) is 4.12. The number of para-hydroxylation sites is 4. The maximum Gasteiger partial charge on any atom is 0.114 e. The van der Waals surface area contributed by atoms with Crippen molar-refractivity contribution in [1.82, 2.24) is 29.7 Å². The fraction of sp³-hybridized carbons (Fsp3) is 0.360. The quantitative estimate of drug-likeness (QED) is 0.355. The molecule has 0 bridgehead atoms. The molecule has 0 saturated carbocycles. The van der Waals surface area contributed by atoms with Gasteiger partial charge in [-0.2, -0.15) is 0 Å². The molecule has 2 N–H and O–H groups in total. The normalized spacial score (nSPS) is 11.5. The Morgan fingerprint density at radius 1 is 0.697 bits per heavy atom. The molecule has 33 heavy (non-hydrogen) atoms. The Balaban J connectivity index is 0.000000230. The molecule has 0 aliphatic rings. The number of aromatic nitrogens is 4. The van der Waals surface area contributed by atoms with Crippen molar-refractivity contribution in [3.8, 4) is 0 Å². The lowest BCUT2D eigenvalue weighted by Gasteiger charge is -2.08. The number of aromatic amines is 2. The molecular weight excluding hydrogens is 412 g/mol. The number of amidine groups is 2. The van der Waals surface area contributed by atoms with Crippen LogP contribution < -0.4 is 0 Å². The highest BCUT2D eigenvalue weighted by Crippen LogP contribution is 2.15. The second-order valence-electron chi connectivity index (χ2n) is 7.91. The molecular formula is C25H36N8. The zero-order chi connectivity index (χ0) is 24.4. The van der Waals surface area contributed by atoms with Gasteiger partial charge in [0.2, 0.25) is 0 Å². The standard InChI is InChI=1S/C15H12N4.2C5H12N2/c1-2-6-11-10(5-1)16-14(17-11)9-15-18-12-7-3-4-8-13(12)19-15;2*1-5(6-2)7(3)4/h1-8H,9H2,(H,16,17)(H,18,19);2*1-4H3. The summed E-state index contributed by atoms with van der Waals surface area (Å²) in [5.74, 6) is 3.97. The van der Waals surface area contributed by atoms with E-state index in [0.717, 1.165) is 45.4 Å². The highest BCUT2D eigenvalue weighted by atomic mass is 15.1. The summed E-state index contributed by atoms with van der Waals surface area (Å²) in [7, 11) is 11.5. The lowest BCUT2D eigenvalue weighted by atomic mass is 10.3. The zero-order valence-corrected chi connectivity index (χ0v) is 21.0. The summed E-state index contributed by atoms with van der Waals surface area (Å²) in [6.07, 6.45) is 0.684. The van der Waals surface area contributed by atoms with E-state index < -0.39 is 0 Å². The number of H-pyrrole nitrogens is 2. The van der Waals surface area contributed by atoms with Crippen molar-refractivity contribution in [1.29, 1.82) is 0 Å². The van der Waals surface area contributed by atoms with Crippen LogP contribution in [0.2, 0.25) is 0 Å². The van der Waals surface area contributed by atoms with E-state index in [2.05, 4.69) is 29.9 Å². The first-order valence-electron chi connectivity index (χ1n) is 10.8. The fourth-order valence-corrected chi connectivity index (χ4v) is 2.74. The van der Waals surface area contributed by atoms with Crippen LogP contribution in [-0.4, -0.2) is 83.7 Å². The molecule has 0 unspecified atom stereocenters. The van der Waals surface area contributed by atoms with Gasteiger partial charge in [-0.3, -0.25) is 9.98 Å². The Kier molecular flexibility index (Phi) is 9.60. The maximum atomic E-state index is 4.56. The minimum atomic E-state index is 0.684. The number of hydrogen-bond acceptors (Lipinski definition) is 4. The van der Waals surface area contributed by atoms with Gasteiger partial charge in [0.05, 0.1) is 40.2 Å². The smallest absolute Gasteiger partial charge is 0.114 e. The van der Waals surface area contributed by atoms with Gasteiger partial charge in [-0.25, -0.2) is 9.97 Å². The Labute approximate surface area is 196 Å². The predicted octanol–water partition coefficient (Wildman–Crippen LogP) is 4.22. The Morgan fingerprint density at radius 2 is 1.06 bits per heavy atom. The minimum Gasteiger partial charge on any atom is -0.367 e. The molecule has 0 saturated heterocycles. The van der Waals surface area contributed by atoms with Crippen molar-refractivity contribution < 1.29 is 0 Å². The average Bonchev–Trinajstić information content (AvgIpc) is 3.41. The van der Waals surface area contributed by atoms with Crippen LogP contribution in [0.3, 0.4) is 0 Å². The molecule has 2 heterocycles. The van der Waals surface area contributed by atoms with Gasteiger partial charge in [0.15, 0.2) is 0 Å². The first kappa shape index (κ1) is 25.6. The van der Waals surface area contributed by atoms with Crippen LogP contribution in [0.15, 0.2) is 58.5 Å². The minimum absolute atomic E-state index is 0.684. The second kappa shape index (κ2) is 12.4. The first-order chi connectivity index (χ1) is 15.7. The third-order valence-electron chi connectivity index (χ3n) is 5.15.